The molecule has 0 radical (unpaired) electrons. The number of benzene rings is 2. The van der Waals surface area contributed by atoms with Crippen LogP contribution in [0.1, 0.15) is 23.2 Å². The van der Waals surface area contributed by atoms with E-state index in [2.05, 4.69) is 0 Å². The number of fused-ring (bicyclic) bond motifs is 1. The first-order chi connectivity index (χ1) is 12.3. The topological polar surface area (TPSA) is 42.4 Å². The first kappa shape index (κ1) is 15.6. The molecule has 4 heteroatoms. The van der Waals surface area contributed by atoms with Crippen LogP contribution in [0.25, 0.3) is 22.2 Å². The molecule has 1 saturated heterocycles. The fourth-order valence-electron chi connectivity index (χ4n) is 3.36. The van der Waals surface area contributed by atoms with Gasteiger partial charge in [0.1, 0.15) is 5.75 Å². The van der Waals surface area contributed by atoms with Crippen LogP contribution in [0, 0.1) is 0 Å². The second-order valence-corrected chi connectivity index (χ2v) is 6.30. The second-order valence-electron chi connectivity index (χ2n) is 6.30. The molecule has 4 nitrogen and oxygen atoms in total. The van der Waals surface area contributed by atoms with Gasteiger partial charge in [-0.25, -0.2) is 4.98 Å². The van der Waals surface area contributed by atoms with Crippen LogP contribution in [0.3, 0.4) is 0 Å². The monoisotopic (exact) mass is 332 g/mol. The minimum atomic E-state index is 0.0790. The average molecular weight is 332 g/mol. The van der Waals surface area contributed by atoms with E-state index in [1.807, 2.05) is 59.5 Å². The number of pyridine rings is 1. The van der Waals surface area contributed by atoms with E-state index >= 15 is 0 Å². The van der Waals surface area contributed by atoms with Gasteiger partial charge in [-0.2, -0.15) is 0 Å². The number of rotatable bonds is 3. The Morgan fingerprint density at radius 3 is 2.52 bits per heavy atom. The highest BCUT2D eigenvalue weighted by Crippen LogP contribution is 2.29. The highest BCUT2D eigenvalue weighted by Gasteiger charge is 2.22. The molecule has 1 aliphatic heterocycles. The van der Waals surface area contributed by atoms with E-state index in [1.54, 1.807) is 7.11 Å². The summed E-state index contributed by atoms with van der Waals surface area (Å²) in [7, 11) is 1.63. The van der Waals surface area contributed by atoms with Crippen LogP contribution in [-0.2, 0) is 0 Å². The molecule has 25 heavy (non-hydrogen) atoms. The van der Waals surface area contributed by atoms with Crippen molar-refractivity contribution in [1.82, 2.24) is 9.88 Å². The van der Waals surface area contributed by atoms with E-state index in [9.17, 15) is 4.79 Å². The Morgan fingerprint density at radius 2 is 1.80 bits per heavy atom. The summed E-state index contributed by atoms with van der Waals surface area (Å²) in [6.45, 7) is 1.65. The number of nitrogens with zero attached hydrogens (tertiary/aromatic N) is 2. The van der Waals surface area contributed by atoms with Crippen molar-refractivity contribution in [1.29, 1.82) is 0 Å². The van der Waals surface area contributed by atoms with E-state index in [-0.39, 0.29) is 5.91 Å². The molecule has 0 spiro atoms. The Morgan fingerprint density at radius 1 is 1.04 bits per heavy atom. The smallest absolute Gasteiger partial charge is 0.254 e. The van der Waals surface area contributed by atoms with Crippen LogP contribution in [0.15, 0.2) is 54.6 Å². The average Bonchev–Trinajstić information content (AvgIpc) is 3.21. The zero-order valence-corrected chi connectivity index (χ0v) is 14.2. The summed E-state index contributed by atoms with van der Waals surface area (Å²) in [4.78, 5) is 19.8. The summed E-state index contributed by atoms with van der Waals surface area (Å²) in [6.07, 6.45) is 2.15. The van der Waals surface area contributed by atoms with Crippen molar-refractivity contribution < 1.29 is 9.53 Å². The third-order valence-electron chi connectivity index (χ3n) is 4.71. The lowest BCUT2D eigenvalue weighted by atomic mass is 10.0. The first-order valence-corrected chi connectivity index (χ1v) is 8.60. The molecule has 0 atom stereocenters. The first-order valence-electron chi connectivity index (χ1n) is 8.60. The van der Waals surface area contributed by atoms with Gasteiger partial charge in [-0.1, -0.05) is 30.3 Å². The van der Waals surface area contributed by atoms with Crippen LogP contribution in [0.2, 0.25) is 0 Å². The maximum Gasteiger partial charge on any atom is 0.254 e. The highest BCUT2D eigenvalue weighted by molar-refractivity contribution is 6.07. The molecular weight excluding hydrogens is 312 g/mol. The van der Waals surface area contributed by atoms with Gasteiger partial charge >= 0.3 is 0 Å². The normalized spacial score (nSPS) is 14.0. The van der Waals surface area contributed by atoms with Crippen molar-refractivity contribution in [2.75, 3.05) is 20.2 Å². The zero-order chi connectivity index (χ0) is 17.2. The van der Waals surface area contributed by atoms with Gasteiger partial charge in [-0.3, -0.25) is 4.79 Å². The van der Waals surface area contributed by atoms with Crippen LogP contribution in [0.4, 0.5) is 0 Å². The van der Waals surface area contributed by atoms with Crippen LogP contribution >= 0.6 is 0 Å². The molecule has 3 aromatic rings. The number of carbonyl (C=O) groups is 1. The van der Waals surface area contributed by atoms with Crippen LogP contribution in [0.5, 0.6) is 5.75 Å². The molecule has 126 valence electrons. The van der Waals surface area contributed by atoms with Gasteiger partial charge in [-0.15, -0.1) is 0 Å². The molecule has 1 amide bonds. The molecule has 2 aromatic carbocycles. The van der Waals surface area contributed by atoms with Gasteiger partial charge < -0.3 is 9.64 Å². The van der Waals surface area contributed by atoms with Gasteiger partial charge in [0.2, 0.25) is 0 Å². The maximum absolute atomic E-state index is 13.1. The molecular formula is C21H20N2O2. The summed E-state index contributed by atoms with van der Waals surface area (Å²) in [5, 5.41) is 0.843. The minimum absolute atomic E-state index is 0.0790. The third-order valence-corrected chi connectivity index (χ3v) is 4.71. The van der Waals surface area contributed by atoms with E-state index < -0.39 is 0 Å². The Kier molecular flexibility index (Phi) is 4.10. The molecule has 0 bridgehead atoms. The fourth-order valence-corrected chi connectivity index (χ4v) is 3.36. The number of likely N-dealkylation sites (tertiary alicyclic amines) is 1. The van der Waals surface area contributed by atoms with E-state index in [0.717, 1.165) is 53.8 Å². The van der Waals surface area contributed by atoms with E-state index in [1.165, 1.54) is 0 Å². The lowest BCUT2D eigenvalue weighted by molar-refractivity contribution is 0.0794. The van der Waals surface area contributed by atoms with Gasteiger partial charge in [0.15, 0.2) is 0 Å². The lowest BCUT2D eigenvalue weighted by Gasteiger charge is -2.17. The van der Waals surface area contributed by atoms with Crippen molar-refractivity contribution in [2.24, 2.45) is 0 Å². The van der Waals surface area contributed by atoms with Crippen molar-refractivity contribution in [3.63, 3.8) is 0 Å². The van der Waals surface area contributed by atoms with Crippen LogP contribution in [-0.4, -0.2) is 36.0 Å². The number of aromatic nitrogens is 1. The number of hydrogen-bond donors (Lipinski definition) is 0. The summed E-state index contributed by atoms with van der Waals surface area (Å²) < 4.78 is 5.34. The number of methoxy groups -OCH3 is 1. The Balaban J connectivity index is 1.91. The Hall–Kier alpha value is -2.88. The summed E-state index contributed by atoms with van der Waals surface area (Å²) in [5.41, 5.74) is 3.34. The van der Waals surface area contributed by atoms with Crippen molar-refractivity contribution in [2.45, 2.75) is 12.8 Å². The number of hydrogen-bond acceptors (Lipinski definition) is 3. The lowest BCUT2D eigenvalue weighted by Crippen LogP contribution is -2.27. The molecule has 0 unspecified atom stereocenters. The van der Waals surface area contributed by atoms with Gasteiger partial charge in [0, 0.05) is 24.0 Å². The molecule has 2 heterocycles. The predicted octanol–water partition coefficient (Wildman–Crippen LogP) is 4.15. The summed E-state index contributed by atoms with van der Waals surface area (Å²) in [5.74, 6) is 0.813. The van der Waals surface area contributed by atoms with Gasteiger partial charge in [-0.05, 0) is 37.1 Å². The molecule has 1 fully saturated rings. The second kappa shape index (κ2) is 6.55. The van der Waals surface area contributed by atoms with E-state index in [0.29, 0.717) is 5.56 Å². The Bertz CT molecular complexity index is 916. The molecule has 1 aliphatic rings. The molecule has 0 N–H and O–H groups in total. The minimum Gasteiger partial charge on any atom is -0.497 e. The third kappa shape index (κ3) is 2.95. The van der Waals surface area contributed by atoms with Crippen LogP contribution < -0.4 is 4.74 Å². The van der Waals surface area contributed by atoms with Gasteiger partial charge in [0.05, 0.1) is 23.9 Å². The Labute approximate surface area is 147 Å². The SMILES string of the molecule is COc1ccc2nc(-c3ccccc3)cc(C(=O)N3CCCC3)c2c1. The molecule has 0 aliphatic carbocycles. The quantitative estimate of drug-likeness (QED) is 0.724. The number of carbonyl (C=O) groups excluding carboxylic acids is 1. The predicted molar refractivity (Wildman–Crippen MR) is 98.9 cm³/mol. The summed E-state index contributed by atoms with van der Waals surface area (Å²) >= 11 is 0. The number of amides is 1. The number of ether oxygens (including phenoxy) is 1. The van der Waals surface area contributed by atoms with Crippen molar-refractivity contribution >= 4 is 16.8 Å². The maximum atomic E-state index is 13.1. The largest absolute Gasteiger partial charge is 0.497 e. The van der Waals surface area contributed by atoms with E-state index in [4.69, 9.17) is 9.72 Å². The van der Waals surface area contributed by atoms with Crippen molar-refractivity contribution in [3.05, 3.63) is 60.2 Å². The molecule has 1 aromatic heterocycles. The van der Waals surface area contributed by atoms with Gasteiger partial charge in [0.25, 0.3) is 5.91 Å². The van der Waals surface area contributed by atoms with Crippen molar-refractivity contribution in [3.8, 4) is 17.0 Å². The summed E-state index contributed by atoms with van der Waals surface area (Å²) in [6, 6.07) is 17.6. The molecule has 0 saturated carbocycles. The highest BCUT2D eigenvalue weighted by atomic mass is 16.5. The molecule has 4 rings (SSSR count). The standard InChI is InChI=1S/C21H20N2O2/c1-25-16-9-10-19-17(13-16)18(21(24)23-11-5-6-12-23)14-20(22-19)15-7-3-2-4-8-15/h2-4,7-10,13-14H,5-6,11-12H2,1H3. The zero-order valence-electron chi connectivity index (χ0n) is 14.2. The fraction of sp³-hybridized carbons (Fsp3) is 0.238.